The molecule has 1 heterocycles. The molecule has 1 saturated carbocycles. The van der Waals surface area contributed by atoms with Crippen LogP contribution >= 0.6 is 0 Å². The number of rotatable bonds is 6. The van der Waals surface area contributed by atoms with Crippen molar-refractivity contribution in [3.8, 4) is 0 Å². The molecule has 1 aromatic carbocycles. The zero-order chi connectivity index (χ0) is 20.5. The molecule has 3 rings (SSSR count). The van der Waals surface area contributed by atoms with Crippen LogP contribution in [0.1, 0.15) is 60.7 Å². The topological polar surface area (TPSA) is 93.2 Å². The van der Waals surface area contributed by atoms with E-state index in [-0.39, 0.29) is 24.1 Å². The molecule has 1 aliphatic carbocycles. The highest BCUT2D eigenvalue weighted by Gasteiger charge is 2.38. The number of benzene rings is 1. The molecule has 0 unspecified atom stereocenters. The second-order valence-electron chi connectivity index (χ2n) is 8.03. The highest BCUT2D eigenvalue weighted by molar-refractivity contribution is 6.20. The van der Waals surface area contributed by atoms with E-state index in [0.29, 0.717) is 17.5 Å². The molecule has 0 bridgehead atoms. The fraction of sp³-hybridized carbons (Fsp3) is 0.500. The van der Waals surface area contributed by atoms with Gasteiger partial charge in [0.25, 0.3) is 11.8 Å². The Hall–Kier alpha value is -2.90. The first-order chi connectivity index (χ1) is 13.2. The Kier molecular flexibility index (Phi) is 5.40. The van der Waals surface area contributed by atoms with Gasteiger partial charge < -0.3 is 14.5 Å². The summed E-state index contributed by atoms with van der Waals surface area (Å²) in [5.41, 5.74) is -0.242. The zero-order valence-electron chi connectivity index (χ0n) is 16.3. The molecule has 1 fully saturated rings. The molecule has 0 saturated heterocycles. The third kappa shape index (κ3) is 4.68. The minimum Gasteiger partial charge on any atom is -0.444 e. The SMILES string of the molecule is CC(C)(C)OC(=O)N(CCC(=O)ON1C(=O)c2ccccc2C1=O)CC1CC1. The van der Waals surface area contributed by atoms with Crippen LogP contribution < -0.4 is 0 Å². The monoisotopic (exact) mass is 388 g/mol. The van der Waals surface area contributed by atoms with Gasteiger partial charge >= 0.3 is 12.1 Å². The minimum absolute atomic E-state index is 0.0907. The van der Waals surface area contributed by atoms with E-state index in [9.17, 15) is 19.2 Å². The minimum atomic E-state index is -0.765. The fourth-order valence-electron chi connectivity index (χ4n) is 2.82. The first-order valence-corrected chi connectivity index (χ1v) is 9.32. The van der Waals surface area contributed by atoms with E-state index in [4.69, 9.17) is 9.57 Å². The Morgan fingerprint density at radius 1 is 1.11 bits per heavy atom. The van der Waals surface area contributed by atoms with E-state index >= 15 is 0 Å². The van der Waals surface area contributed by atoms with Crippen LogP contribution in [0.25, 0.3) is 0 Å². The van der Waals surface area contributed by atoms with Gasteiger partial charge in [0.05, 0.1) is 17.5 Å². The largest absolute Gasteiger partial charge is 0.444 e. The number of hydroxylamine groups is 2. The van der Waals surface area contributed by atoms with Crippen molar-refractivity contribution in [1.29, 1.82) is 0 Å². The molecule has 0 N–H and O–H groups in total. The highest BCUT2D eigenvalue weighted by Crippen LogP contribution is 2.30. The molecular weight excluding hydrogens is 364 g/mol. The van der Waals surface area contributed by atoms with Crippen molar-refractivity contribution < 1.29 is 28.8 Å². The molecule has 8 nitrogen and oxygen atoms in total. The van der Waals surface area contributed by atoms with Crippen molar-refractivity contribution in [2.75, 3.05) is 13.1 Å². The molecule has 0 spiro atoms. The summed E-state index contributed by atoms with van der Waals surface area (Å²) in [5.74, 6) is -1.69. The summed E-state index contributed by atoms with van der Waals surface area (Å²) in [7, 11) is 0. The van der Waals surface area contributed by atoms with Gasteiger partial charge in [0.2, 0.25) is 0 Å². The summed E-state index contributed by atoms with van der Waals surface area (Å²) in [6.45, 7) is 5.92. The number of hydrogen-bond donors (Lipinski definition) is 0. The van der Waals surface area contributed by atoms with Crippen molar-refractivity contribution in [1.82, 2.24) is 9.96 Å². The van der Waals surface area contributed by atoms with Gasteiger partial charge in [0.1, 0.15) is 5.60 Å². The maximum Gasteiger partial charge on any atom is 0.410 e. The van der Waals surface area contributed by atoms with Crippen LogP contribution in [0, 0.1) is 5.92 Å². The number of amides is 3. The van der Waals surface area contributed by atoms with E-state index in [2.05, 4.69) is 0 Å². The number of hydrogen-bond acceptors (Lipinski definition) is 6. The van der Waals surface area contributed by atoms with Gasteiger partial charge in [0.15, 0.2) is 0 Å². The maximum atomic E-state index is 12.4. The van der Waals surface area contributed by atoms with E-state index in [1.165, 1.54) is 17.0 Å². The smallest absolute Gasteiger partial charge is 0.410 e. The third-order valence-corrected chi connectivity index (χ3v) is 4.36. The van der Waals surface area contributed by atoms with Crippen LogP contribution in [0.2, 0.25) is 0 Å². The highest BCUT2D eigenvalue weighted by atomic mass is 16.7. The number of ether oxygens (including phenoxy) is 1. The standard InChI is InChI=1S/C20H24N2O6/c1-20(2,3)27-19(26)21(12-13-8-9-13)11-10-16(23)28-22-17(24)14-6-4-5-7-15(14)18(22)25/h4-7,13H,8-12H2,1-3H3. The van der Waals surface area contributed by atoms with Crippen LogP contribution in [0.15, 0.2) is 24.3 Å². The van der Waals surface area contributed by atoms with Crippen LogP contribution in [0.3, 0.4) is 0 Å². The van der Waals surface area contributed by atoms with Gasteiger partial charge in [0, 0.05) is 13.1 Å². The summed E-state index contributed by atoms with van der Waals surface area (Å²) in [6, 6.07) is 6.27. The van der Waals surface area contributed by atoms with Gasteiger partial charge in [-0.05, 0) is 51.7 Å². The number of carbonyl (C=O) groups is 4. The van der Waals surface area contributed by atoms with E-state index in [1.54, 1.807) is 32.9 Å². The van der Waals surface area contributed by atoms with Gasteiger partial charge in [-0.25, -0.2) is 9.59 Å². The van der Waals surface area contributed by atoms with Crippen molar-refractivity contribution >= 4 is 23.9 Å². The van der Waals surface area contributed by atoms with Gasteiger partial charge in [-0.1, -0.05) is 17.2 Å². The number of imide groups is 1. The van der Waals surface area contributed by atoms with Crippen LogP contribution in [-0.4, -0.2) is 52.5 Å². The quantitative estimate of drug-likeness (QED) is 0.696. The summed E-state index contributed by atoms with van der Waals surface area (Å²) in [4.78, 5) is 55.5. The Labute approximate surface area is 163 Å². The first kappa shape index (κ1) is 19.9. The molecule has 150 valence electrons. The average Bonchev–Trinajstić information content (AvgIpc) is 3.41. The van der Waals surface area contributed by atoms with E-state index in [1.807, 2.05) is 0 Å². The van der Waals surface area contributed by atoms with Crippen molar-refractivity contribution in [2.24, 2.45) is 5.92 Å². The van der Waals surface area contributed by atoms with Gasteiger partial charge in [-0.3, -0.25) is 9.59 Å². The molecule has 1 aromatic rings. The Morgan fingerprint density at radius 2 is 1.68 bits per heavy atom. The molecule has 3 amide bonds. The predicted molar refractivity (Wildman–Crippen MR) is 98.2 cm³/mol. The Morgan fingerprint density at radius 3 is 2.18 bits per heavy atom. The second-order valence-corrected chi connectivity index (χ2v) is 8.03. The third-order valence-electron chi connectivity index (χ3n) is 4.36. The number of fused-ring (bicyclic) bond motifs is 1. The zero-order valence-corrected chi connectivity index (χ0v) is 16.3. The van der Waals surface area contributed by atoms with Gasteiger partial charge in [-0.2, -0.15) is 0 Å². The number of nitrogens with zero attached hydrogens (tertiary/aromatic N) is 2. The lowest BCUT2D eigenvalue weighted by Crippen LogP contribution is -2.40. The molecule has 8 heteroatoms. The molecule has 0 aromatic heterocycles. The lowest BCUT2D eigenvalue weighted by atomic mass is 10.1. The lowest BCUT2D eigenvalue weighted by Gasteiger charge is -2.27. The van der Waals surface area contributed by atoms with Crippen molar-refractivity contribution in [2.45, 2.75) is 45.6 Å². The first-order valence-electron chi connectivity index (χ1n) is 9.32. The second kappa shape index (κ2) is 7.61. The normalized spacial score (nSPS) is 16.0. The van der Waals surface area contributed by atoms with Crippen LogP contribution in [0.4, 0.5) is 4.79 Å². The predicted octanol–water partition coefficient (Wildman–Crippen LogP) is 2.78. The summed E-state index contributed by atoms with van der Waals surface area (Å²) in [6.07, 6.45) is 1.43. The van der Waals surface area contributed by atoms with Crippen molar-refractivity contribution in [3.63, 3.8) is 0 Å². The van der Waals surface area contributed by atoms with E-state index < -0.39 is 29.5 Å². The summed E-state index contributed by atoms with van der Waals surface area (Å²) < 4.78 is 5.39. The molecule has 0 radical (unpaired) electrons. The van der Waals surface area contributed by atoms with Crippen LogP contribution in [-0.2, 0) is 14.4 Å². The fourth-order valence-corrected chi connectivity index (χ4v) is 2.82. The summed E-state index contributed by atoms with van der Waals surface area (Å²) in [5, 5.41) is 0.478. The average molecular weight is 388 g/mol. The van der Waals surface area contributed by atoms with Gasteiger partial charge in [-0.15, -0.1) is 0 Å². The number of carbonyl (C=O) groups excluding carboxylic acids is 4. The van der Waals surface area contributed by atoms with Crippen molar-refractivity contribution in [3.05, 3.63) is 35.4 Å². The Balaban J connectivity index is 1.57. The van der Waals surface area contributed by atoms with Crippen LogP contribution in [0.5, 0.6) is 0 Å². The molecule has 2 aliphatic rings. The Bertz CT molecular complexity index is 774. The summed E-state index contributed by atoms with van der Waals surface area (Å²) >= 11 is 0. The lowest BCUT2D eigenvalue weighted by molar-refractivity contribution is -0.168. The molecule has 1 aliphatic heterocycles. The maximum absolute atomic E-state index is 12.4. The molecule has 28 heavy (non-hydrogen) atoms. The molecule has 0 atom stereocenters. The van der Waals surface area contributed by atoms with E-state index in [0.717, 1.165) is 12.8 Å². The molecular formula is C20H24N2O6.